The molecule has 0 aliphatic carbocycles. The summed E-state index contributed by atoms with van der Waals surface area (Å²) < 4.78 is 1.60. The van der Waals surface area contributed by atoms with Crippen molar-refractivity contribution >= 4 is 34.3 Å². The Balaban J connectivity index is 1.73. The summed E-state index contributed by atoms with van der Waals surface area (Å²) in [4.78, 5) is 31.1. The highest BCUT2D eigenvalue weighted by Crippen LogP contribution is 2.27. The summed E-state index contributed by atoms with van der Waals surface area (Å²) in [7, 11) is 0. The lowest BCUT2D eigenvalue weighted by molar-refractivity contribution is -0.115. The highest BCUT2D eigenvalue weighted by atomic mass is 32.2. The number of carbonyl (C=O) groups excluding carboxylic acids is 1. The van der Waals surface area contributed by atoms with Gasteiger partial charge in [-0.15, -0.1) is 0 Å². The fourth-order valence-electron chi connectivity index (χ4n) is 3.45. The molecule has 6 nitrogen and oxygen atoms in total. The molecule has 0 radical (unpaired) electrons. The van der Waals surface area contributed by atoms with Gasteiger partial charge in [0.2, 0.25) is 5.91 Å². The van der Waals surface area contributed by atoms with E-state index in [1.54, 1.807) is 47.9 Å². The highest BCUT2D eigenvalue weighted by molar-refractivity contribution is 8.00. The van der Waals surface area contributed by atoms with Crippen molar-refractivity contribution in [3.8, 4) is 11.8 Å². The summed E-state index contributed by atoms with van der Waals surface area (Å²) in [5.41, 5.74) is 4.26. The highest BCUT2D eigenvalue weighted by Gasteiger charge is 2.21. The summed E-state index contributed by atoms with van der Waals surface area (Å²) in [5, 5.41) is 12.3. The molecule has 7 heteroatoms. The summed E-state index contributed by atoms with van der Waals surface area (Å²) in [6, 6.07) is 21.9. The van der Waals surface area contributed by atoms with Crippen molar-refractivity contribution in [2.24, 2.45) is 0 Å². The van der Waals surface area contributed by atoms with Crippen LogP contribution in [0.5, 0.6) is 0 Å². The van der Waals surface area contributed by atoms with E-state index < -0.39 is 5.25 Å². The van der Waals surface area contributed by atoms with Crippen LogP contribution < -0.4 is 10.9 Å². The van der Waals surface area contributed by atoms with Crippen LogP contribution in [0.1, 0.15) is 23.6 Å². The number of hydrogen-bond acceptors (Lipinski definition) is 5. The van der Waals surface area contributed by atoms with Crippen molar-refractivity contribution in [3.05, 3.63) is 93.8 Å². The van der Waals surface area contributed by atoms with Crippen LogP contribution in [-0.2, 0) is 4.79 Å². The van der Waals surface area contributed by atoms with Crippen LogP contribution in [0.25, 0.3) is 16.6 Å². The minimum atomic E-state index is -0.523. The molecule has 1 aromatic heterocycles. The third kappa shape index (κ3) is 4.66. The second kappa shape index (κ2) is 9.31. The normalized spacial score (nSPS) is 11.7. The fourth-order valence-corrected chi connectivity index (χ4v) is 4.37. The number of aromatic nitrogens is 2. The van der Waals surface area contributed by atoms with E-state index in [9.17, 15) is 9.59 Å². The van der Waals surface area contributed by atoms with Gasteiger partial charge >= 0.3 is 0 Å². The topological polar surface area (TPSA) is 87.8 Å². The monoisotopic (exact) mass is 454 g/mol. The van der Waals surface area contributed by atoms with Crippen molar-refractivity contribution in [1.82, 2.24) is 9.55 Å². The van der Waals surface area contributed by atoms with Gasteiger partial charge in [0.05, 0.1) is 33.5 Å². The van der Waals surface area contributed by atoms with Gasteiger partial charge in [-0.1, -0.05) is 36.0 Å². The van der Waals surface area contributed by atoms with Crippen molar-refractivity contribution in [2.45, 2.75) is 31.2 Å². The van der Waals surface area contributed by atoms with Gasteiger partial charge in [0.25, 0.3) is 5.56 Å². The van der Waals surface area contributed by atoms with Crippen LogP contribution in [-0.4, -0.2) is 20.7 Å². The number of nitrogens with one attached hydrogen (secondary N) is 1. The third-order valence-corrected chi connectivity index (χ3v) is 6.34. The molecule has 4 aromatic rings. The molecule has 1 heterocycles. The van der Waals surface area contributed by atoms with Gasteiger partial charge < -0.3 is 5.32 Å². The van der Waals surface area contributed by atoms with E-state index in [1.807, 2.05) is 44.2 Å². The standard InChI is InChI=1S/C26H22N4O2S/c1-16-8-9-17(2)23(14-16)30-25(32)21-6-4-5-7-22(21)29-26(30)33-18(3)24(31)28-20-12-10-19(15-27)11-13-20/h4-14,18H,1-3H3,(H,28,31). The van der Waals surface area contributed by atoms with E-state index in [4.69, 9.17) is 10.2 Å². The lowest BCUT2D eigenvalue weighted by Gasteiger charge is -2.18. The molecule has 1 unspecified atom stereocenters. The molecule has 0 bridgehead atoms. The molecule has 1 atom stereocenters. The van der Waals surface area contributed by atoms with Gasteiger partial charge in [0, 0.05) is 5.69 Å². The zero-order chi connectivity index (χ0) is 23.5. The Morgan fingerprint density at radius 2 is 1.82 bits per heavy atom. The number of carbonyl (C=O) groups is 1. The predicted octanol–water partition coefficient (Wildman–Crippen LogP) is 4.99. The van der Waals surface area contributed by atoms with E-state index in [0.29, 0.717) is 27.3 Å². The van der Waals surface area contributed by atoms with Gasteiger partial charge in [-0.2, -0.15) is 5.26 Å². The number of aryl methyl sites for hydroxylation is 2. The van der Waals surface area contributed by atoms with Crippen molar-refractivity contribution < 1.29 is 4.79 Å². The number of amides is 1. The van der Waals surface area contributed by atoms with E-state index in [0.717, 1.165) is 16.8 Å². The maximum Gasteiger partial charge on any atom is 0.266 e. The second-order valence-corrected chi connectivity index (χ2v) is 9.09. The van der Waals surface area contributed by atoms with Crippen LogP contribution in [0, 0.1) is 25.2 Å². The average Bonchev–Trinajstić information content (AvgIpc) is 2.81. The zero-order valence-corrected chi connectivity index (χ0v) is 19.3. The third-order valence-electron chi connectivity index (χ3n) is 5.28. The molecule has 1 N–H and O–H groups in total. The van der Waals surface area contributed by atoms with Gasteiger partial charge in [0.1, 0.15) is 0 Å². The van der Waals surface area contributed by atoms with Crippen LogP contribution in [0.3, 0.4) is 0 Å². The molecule has 0 saturated heterocycles. The molecule has 1 amide bonds. The minimum Gasteiger partial charge on any atom is -0.325 e. The molecule has 3 aromatic carbocycles. The first kappa shape index (κ1) is 22.3. The zero-order valence-electron chi connectivity index (χ0n) is 18.5. The lowest BCUT2D eigenvalue weighted by atomic mass is 10.1. The van der Waals surface area contributed by atoms with E-state index in [-0.39, 0.29) is 11.5 Å². The van der Waals surface area contributed by atoms with Crippen LogP contribution in [0.2, 0.25) is 0 Å². The number of benzene rings is 3. The maximum atomic E-state index is 13.5. The largest absolute Gasteiger partial charge is 0.325 e. The number of fused-ring (bicyclic) bond motifs is 1. The molecule has 33 heavy (non-hydrogen) atoms. The minimum absolute atomic E-state index is 0.170. The van der Waals surface area contributed by atoms with Crippen LogP contribution in [0.4, 0.5) is 5.69 Å². The molecule has 164 valence electrons. The smallest absolute Gasteiger partial charge is 0.266 e. The predicted molar refractivity (Wildman–Crippen MR) is 132 cm³/mol. The number of hydrogen-bond donors (Lipinski definition) is 1. The first-order valence-electron chi connectivity index (χ1n) is 10.4. The number of thioether (sulfide) groups is 1. The number of rotatable bonds is 5. The lowest BCUT2D eigenvalue weighted by Crippen LogP contribution is -2.26. The first-order valence-corrected chi connectivity index (χ1v) is 11.3. The summed E-state index contributed by atoms with van der Waals surface area (Å²) in [5.74, 6) is -0.223. The average molecular weight is 455 g/mol. The molecule has 4 rings (SSSR count). The fraction of sp³-hybridized carbons (Fsp3) is 0.154. The molecule has 0 saturated carbocycles. The number of anilines is 1. The molecule has 0 spiro atoms. The molecular weight excluding hydrogens is 432 g/mol. The van der Waals surface area contributed by atoms with Crippen LogP contribution in [0.15, 0.2) is 76.7 Å². The summed E-state index contributed by atoms with van der Waals surface area (Å²) >= 11 is 1.23. The van der Waals surface area contributed by atoms with E-state index >= 15 is 0 Å². The summed E-state index contributed by atoms with van der Waals surface area (Å²) in [6.07, 6.45) is 0. The van der Waals surface area contributed by atoms with Gasteiger partial charge in [-0.3, -0.25) is 14.2 Å². The van der Waals surface area contributed by atoms with Crippen molar-refractivity contribution in [1.29, 1.82) is 5.26 Å². The maximum absolute atomic E-state index is 13.5. The summed E-state index contributed by atoms with van der Waals surface area (Å²) in [6.45, 7) is 5.70. The van der Waals surface area contributed by atoms with E-state index in [2.05, 4.69) is 11.4 Å². The molecule has 0 aliphatic rings. The Morgan fingerprint density at radius 3 is 2.55 bits per heavy atom. The van der Waals surface area contributed by atoms with Gasteiger partial charge in [-0.05, 0) is 74.4 Å². The Hall–Kier alpha value is -3.89. The number of para-hydroxylation sites is 1. The quantitative estimate of drug-likeness (QED) is 0.339. The Labute approximate surface area is 195 Å². The Kier molecular flexibility index (Phi) is 6.29. The van der Waals surface area contributed by atoms with Crippen molar-refractivity contribution in [3.63, 3.8) is 0 Å². The number of nitriles is 1. The SMILES string of the molecule is Cc1ccc(C)c(-n2c(SC(C)C(=O)Nc3ccc(C#N)cc3)nc3ccccc3c2=O)c1. The van der Waals surface area contributed by atoms with Crippen LogP contribution >= 0.6 is 11.8 Å². The molecule has 0 aliphatic heterocycles. The number of nitrogens with zero attached hydrogens (tertiary/aromatic N) is 3. The Morgan fingerprint density at radius 1 is 1.09 bits per heavy atom. The van der Waals surface area contributed by atoms with Crippen molar-refractivity contribution in [2.75, 3.05) is 5.32 Å². The first-order chi connectivity index (χ1) is 15.9. The molecular formula is C26H22N4O2S. The second-order valence-electron chi connectivity index (χ2n) is 7.78. The van der Waals surface area contributed by atoms with Gasteiger partial charge in [-0.25, -0.2) is 4.98 Å². The molecule has 0 fully saturated rings. The van der Waals surface area contributed by atoms with E-state index in [1.165, 1.54) is 11.8 Å². The van der Waals surface area contributed by atoms with Gasteiger partial charge in [0.15, 0.2) is 5.16 Å². The Bertz CT molecular complexity index is 1450.